The summed E-state index contributed by atoms with van der Waals surface area (Å²) in [5, 5.41) is 7.98. The fraction of sp³-hybridized carbons (Fsp3) is 0.0238. The number of rotatable bonds is 5. The first-order valence-corrected chi connectivity index (χ1v) is 15.7. The zero-order valence-corrected chi connectivity index (χ0v) is 25.3. The highest BCUT2D eigenvalue weighted by Crippen LogP contribution is 2.36. The van der Waals surface area contributed by atoms with E-state index in [-0.39, 0.29) is 6.17 Å². The number of aliphatic imine (C=N–C) groups is 2. The van der Waals surface area contributed by atoms with Crippen LogP contribution in [0.2, 0.25) is 0 Å². The second kappa shape index (κ2) is 11.2. The van der Waals surface area contributed by atoms with Crippen molar-refractivity contribution in [2.75, 3.05) is 0 Å². The summed E-state index contributed by atoms with van der Waals surface area (Å²) in [6.45, 7) is 0. The molecule has 0 saturated carbocycles. The standard InChI is InChI=1S/C42H28N4O/c1-3-10-27(11-4-1)29-17-19-30(20-18-29)34-25-36(38-35-16-9-23-43-42(35)47-37(38)26-34)41-45-39(31-13-5-2-6-14-31)44-40(46-41)33-22-21-28-12-7-8-15-32(28)24-33/h1-26,40H,(H,44,45,46). The molecule has 2 aromatic heterocycles. The van der Waals surface area contributed by atoms with Gasteiger partial charge in [0.1, 0.15) is 17.6 Å². The Morgan fingerprint density at radius 1 is 0.553 bits per heavy atom. The molecule has 0 bridgehead atoms. The molecule has 6 aromatic carbocycles. The Morgan fingerprint density at radius 2 is 1.23 bits per heavy atom. The predicted octanol–water partition coefficient (Wildman–Crippen LogP) is 9.96. The number of hydrogen-bond acceptors (Lipinski definition) is 5. The van der Waals surface area contributed by atoms with Gasteiger partial charge in [-0.25, -0.2) is 15.0 Å². The van der Waals surface area contributed by atoms with Crippen LogP contribution in [0.5, 0.6) is 0 Å². The summed E-state index contributed by atoms with van der Waals surface area (Å²) >= 11 is 0. The lowest BCUT2D eigenvalue weighted by Crippen LogP contribution is -2.33. The van der Waals surface area contributed by atoms with Crippen molar-refractivity contribution in [1.82, 2.24) is 10.3 Å². The summed E-state index contributed by atoms with van der Waals surface area (Å²) in [6.07, 6.45) is 1.42. The molecule has 1 unspecified atom stereocenters. The van der Waals surface area contributed by atoms with Gasteiger partial charge in [-0.1, -0.05) is 121 Å². The molecular formula is C42H28N4O. The fourth-order valence-electron chi connectivity index (χ4n) is 6.43. The van der Waals surface area contributed by atoms with E-state index in [4.69, 9.17) is 14.4 Å². The molecule has 1 N–H and O–H groups in total. The molecule has 8 aromatic rings. The molecule has 5 heteroatoms. The van der Waals surface area contributed by atoms with E-state index in [0.29, 0.717) is 11.5 Å². The number of nitrogens with zero attached hydrogens (tertiary/aromatic N) is 3. The molecular weight excluding hydrogens is 576 g/mol. The minimum absolute atomic E-state index is 0.345. The van der Waals surface area contributed by atoms with Gasteiger partial charge in [0.2, 0.25) is 5.71 Å². The summed E-state index contributed by atoms with van der Waals surface area (Å²) in [6, 6.07) is 52.5. The largest absolute Gasteiger partial charge is 0.438 e. The van der Waals surface area contributed by atoms with E-state index in [2.05, 4.69) is 132 Å². The number of amidine groups is 2. The van der Waals surface area contributed by atoms with E-state index >= 15 is 0 Å². The van der Waals surface area contributed by atoms with Gasteiger partial charge < -0.3 is 9.73 Å². The monoisotopic (exact) mass is 604 g/mol. The molecule has 1 atom stereocenters. The van der Waals surface area contributed by atoms with E-state index in [0.717, 1.165) is 50.0 Å². The van der Waals surface area contributed by atoms with Crippen LogP contribution < -0.4 is 5.32 Å². The molecule has 0 saturated heterocycles. The van der Waals surface area contributed by atoms with Crippen molar-refractivity contribution in [2.24, 2.45) is 9.98 Å². The third-order valence-electron chi connectivity index (χ3n) is 8.79. The molecule has 0 radical (unpaired) electrons. The van der Waals surface area contributed by atoms with Gasteiger partial charge in [-0.2, -0.15) is 0 Å². The third-order valence-corrected chi connectivity index (χ3v) is 8.79. The number of aromatic nitrogens is 1. The van der Waals surface area contributed by atoms with Crippen LogP contribution >= 0.6 is 0 Å². The zero-order valence-electron chi connectivity index (χ0n) is 25.3. The predicted molar refractivity (Wildman–Crippen MR) is 192 cm³/mol. The molecule has 5 nitrogen and oxygen atoms in total. The van der Waals surface area contributed by atoms with Crippen molar-refractivity contribution in [3.63, 3.8) is 0 Å². The molecule has 0 fully saturated rings. The molecule has 47 heavy (non-hydrogen) atoms. The number of fused-ring (bicyclic) bond motifs is 4. The highest BCUT2D eigenvalue weighted by atomic mass is 16.3. The second-order valence-corrected chi connectivity index (χ2v) is 11.7. The average Bonchev–Trinajstić information content (AvgIpc) is 3.53. The van der Waals surface area contributed by atoms with Crippen LogP contribution in [-0.4, -0.2) is 16.7 Å². The SMILES string of the molecule is c1ccc(C2=NC(c3ccc4ccccc4c3)NC(c3cc(-c4ccc(-c5ccccc5)cc4)cc4oc5ncccc5c34)=N2)cc1. The van der Waals surface area contributed by atoms with Crippen LogP contribution in [0, 0.1) is 0 Å². The van der Waals surface area contributed by atoms with Crippen LogP contribution in [0.25, 0.3) is 55.1 Å². The lowest BCUT2D eigenvalue weighted by Gasteiger charge is -2.24. The van der Waals surface area contributed by atoms with E-state index in [1.54, 1.807) is 6.20 Å². The first-order valence-electron chi connectivity index (χ1n) is 15.7. The Kier molecular flexibility index (Phi) is 6.46. The maximum atomic E-state index is 6.39. The molecule has 1 aliphatic heterocycles. The van der Waals surface area contributed by atoms with Crippen LogP contribution in [0.3, 0.4) is 0 Å². The van der Waals surface area contributed by atoms with Gasteiger partial charge in [0.25, 0.3) is 0 Å². The van der Waals surface area contributed by atoms with Crippen LogP contribution in [0.4, 0.5) is 0 Å². The van der Waals surface area contributed by atoms with Crippen LogP contribution in [-0.2, 0) is 0 Å². The Balaban J connectivity index is 1.22. The molecule has 0 amide bonds. The normalized spacial score (nSPS) is 14.6. The Bertz CT molecular complexity index is 2480. The molecule has 222 valence electrons. The summed E-state index contributed by atoms with van der Waals surface area (Å²) in [5.41, 5.74) is 8.78. The Labute approximate surface area is 271 Å². The van der Waals surface area contributed by atoms with Crippen molar-refractivity contribution in [2.45, 2.75) is 6.17 Å². The Hall–Kier alpha value is -6.33. The second-order valence-electron chi connectivity index (χ2n) is 11.7. The lowest BCUT2D eigenvalue weighted by atomic mass is 9.96. The minimum Gasteiger partial charge on any atom is -0.438 e. The van der Waals surface area contributed by atoms with E-state index < -0.39 is 0 Å². The van der Waals surface area contributed by atoms with Gasteiger partial charge in [-0.05, 0) is 68.9 Å². The summed E-state index contributed by atoms with van der Waals surface area (Å²) in [4.78, 5) is 14.9. The van der Waals surface area contributed by atoms with Gasteiger partial charge >= 0.3 is 0 Å². The van der Waals surface area contributed by atoms with Crippen LogP contribution in [0.15, 0.2) is 172 Å². The number of nitrogens with one attached hydrogen (secondary N) is 1. The number of benzene rings is 6. The number of furan rings is 1. The quantitative estimate of drug-likeness (QED) is 0.213. The first kappa shape index (κ1) is 27.0. The first-order chi connectivity index (χ1) is 23.3. The smallest absolute Gasteiger partial charge is 0.227 e. The molecule has 0 spiro atoms. The van der Waals surface area contributed by atoms with E-state index in [9.17, 15) is 0 Å². The zero-order chi connectivity index (χ0) is 31.2. The van der Waals surface area contributed by atoms with Gasteiger partial charge in [-0.3, -0.25) is 0 Å². The van der Waals surface area contributed by atoms with Crippen molar-refractivity contribution in [3.05, 3.63) is 175 Å². The lowest BCUT2D eigenvalue weighted by molar-refractivity contribution is 0.654. The number of hydrogen-bond donors (Lipinski definition) is 1. The number of pyridine rings is 1. The van der Waals surface area contributed by atoms with E-state index in [1.807, 2.05) is 30.3 Å². The van der Waals surface area contributed by atoms with Gasteiger partial charge in [0.05, 0.1) is 0 Å². The summed E-state index contributed by atoms with van der Waals surface area (Å²) in [7, 11) is 0. The van der Waals surface area contributed by atoms with E-state index in [1.165, 1.54) is 21.9 Å². The van der Waals surface area contributed by atoms with Crippen molar-refractivity contribution in [1.29, 1.82) is 0 Å². The molecule has 0 aliphatic carbocycles. The highest BCUT2D eigenvalue weighted by Gasteiger charge is 2.25. The molecule has 3 heterocycles. The molecule has 9 rings (SSSR count). The maximum absolute atomic E-state index is 6.39. The minimum atomic E-state index is -0.345. The van der Waals surface area contributed by atoms with Gasteiger partial charge in [-0.15, -0.1) is 0 Å². The topological polar surface area (TPSA) is 62.8 Å². The molecule has 1 aliphatic rings. The average molecular weight is 605 g/mol. The Morgan fingerprint density at radius 3 is 2.02 bits per heavy atom. The summed E-state index contributed by atoms with van der Waals surface area (Å²) < 4.78 is 6.39. The summed E-state index contributed by atoms with van der Waals surface area (Å²) in [5.74, 6) is 1.41. The fourth-order valence-corrected chi connectivity index (χ4v) is 6.43. The van der Waals surface area contributed by atoms with Crippen molar-refractivity contribution < 1.29 is 4.42 Å². The van der Waals surface area contributed by atoms with Crippen molar-refractivity contribution >= 4 is 44.5 Å². The van der Waals surface area contributed by atoms with Crippen LogP contribution in [0.1, 0.15) is 22.9 Å². The van der Waals surface area contributed by atoms with Gasteiger partial charge in [0.15, 0.2) is 5.84 Å². The highest BCUT2D eigenvalue weighted by molar-refractivity contribution is 6.22. The van der Waals surface area contributed by atoms with Gasteiger partial charge in [0, 0.05) is 28.1 Å². The third kappa shape index (κ3) is 4.95. The van der Waals surface area contributed by atoms with Crippen molar-refractivity contribution in [3.8, 4) is 22.3 Å². The maximum Gasteiger partial charge on any atom is 0.227 e.